The smallest absolute Gasteiger partial charge is 0.250 e. The summed E-state index contributed by atoms with van der Waals surface area (Å²) in [5.41, 5.74) is -0.0952. The van der Waals surface area contributed by atoms with Crippen molar-refractivity contribution in [2.24, 2.45) is 0 Å². The fourth-order valence-electron chi connectivity index (χ4n) is 3.37. The minimum atomic E-state index is -3.74. The normalized spacial score (nSPS) is 22.6. The Kier molecular flexibility index (Phi) is 4.96. The Labute approximate surface area is 178 Å². The Morgan fingerprint density at radius 3 is 2.77 bits per heavy atom. The van der Waals surface area contributed by atoms with E-state index in [0.717, 1.165) is 22.7 Å². The number of nitrogens with zero attached hydrogens (tertiary/aromatic N) is 4. The van der Waals surface area contributed by atoms with Crippen molar-refractivity contribution in [3.8, 4) is 6.07 Å². The Bertz CT molecular complexity index is 1180. The van der Waals surface area contributed by atoms with Crippen LogP contribution in [0.2, 0.25) is 0 Å². The maximum atomic E-state index is 13.1. The van der Waals surface area contributed by atoms with Gasteiger partial charge in [0.1, 0.15) is 29.1 Å². The number of aryl methyl sites for hydroxylation is 1. The molecule has 11 heteroatoms. The highest BCUT2D eigenvalue weighted by Gasteiger charge is 2.47. The van der Waals surface area contributed by atoms with E-state index in [1.165, 1.54) is 34.1 Å². The molecule has 0 saturated heterocycles. The second-order valence-corrected chi connectivity index (χ2v) is 10.9. The van der Waals surface area contributed by atoms with Gasteiger partial charge in [-0.15, -0.1) is 11.3 Å². The van der Waals surface area contributed by atoms with Gasteiger partial charge in [-0.3, -0.25) is 0 Å². The van der Waals surface area contributed by atoms with Crippen LogP contribution in [0.1, 0.15) is 29.7 Å². The van der Waals surface area contributed by atoms with Gasteiger partial charge in [-0.05, 0) is 38.8 Å². The first kappa shape index (κ1) is 20.6. The van der Waals surface area contributed by atoms with Gasteiger partial charge in [0.2, 0.25) is 10.0 Å². The fourth-order valence-corrected chi connectivity index (χ4v) is 5.78. The minimum absolute atomic E-state index is 0.00712. The van der Waals surface area contributed by atoms with E-state index in [9.17, 15) is 18.0 Å². The zero-order chi connectivity index (χ0) is 21.7. The van der Waals surface area contributed by atoms with Crippen molar-refractivity contribution in [1.29, 1.82) is 5.26 Å². The van der Waals surface area contributed by atoms with E-state index in [1.54, 1.807) is 6.20 Å². The van der Waals surface area contributed by atoms with Gasteiger partial charge in [0.05, 0.1) is 9.88 Å². The summed E-state index contributed by atoms with van der Waals surface area (Å²) in [6, 6.07) is 1.31. The third kappa shape index (κ3) is 3.74. The van der Waals surface area contributed by atoms with Gasteiger partial charge in [0.15, 0.2) is 6.54 Å². The molecule has 1 aromatic heterocycles. The van der Waals surface area contributed by atoms with Crippen molar-refractivity contribution >= 4 is 39.0 Å². The van der Waals surface area contributed by atoms with Gasteiger partial charge in [-0.25, -0.2) is 22.9 Å². The molecule has 4 rings (SSSR count). The van der Waals surface area contributed by atoms with E-state index < -0.39 is 32.8 Å². The van der Waals surface area contributed by atoms with Crippen LogP contribution in [-0.4, -0.2) is 57.9 Å². The van der Waals surface area contributed by atoms with Crippen LogP contribution in [0.15, 0.2) is 30.0 Å². The maximum absolute atomic E-state index is 13.1. The largest absolute Gasteiger partial charge is 0.502 e. The van der Waals surface area contributed by atoms with Crippen molar-refractivity contribution in [2.75, 3.05) is 6.54 Å². The highest BCUT2D eigenvalue weighted by Crippen LogP contribution is 2.36. The molecular weight excluding hydrogens is 426 g/mol. The highest BCUT2D eigenvalue weighted by molar-refractivity contribution is 7.90. The number of aromatic nitrogens is 1. The minimum Gasteiger partial charge on any atom is -0.250 e. The van der Waals surface area contributed by atoms with Crippen LogP contribution in [0.5, 0.6) is 0 Å². The molecule has 30 heavy (non-hydrogen) atoms. The quantitative estimate of drug-likeness (QED) is 0.518. The van der Waals surface area contributed by atoms with Crippen LogP contribution in [0.4, 0.5) is 4.79 Å². The molecule has 1 unspecified atom stereocenters. The van der Waals surface area contributed by atoms with Gasteiger partial charge < -0.3 is 0 Å². The summed E-state index contributed by atoms with van der Waals surface area (Å²) >= 11 is 1.36. The molecule has 3 aliphatic rings. The molecule has 1 N–H and O–H groups in total. The van der Waals surface area contributed by atoms with E-state index in [2.05, 4.69) is 9.71 Å². The topological polar surface area (TPSA) is 123 Å². The van der Waals surface area contributed by atoms with Crippen molar-refractivity contribution in [3.05, 3.63) is 39.9 Å². The number of amides is 3. The van der Waals surface area contributed by atoms with E-state index in [4.69, 9.17) is 5.26 Å². The van der Waals surface area contributed by atoms with Crippen LogP contribution in [-0.2, 0) is 21.4 Å². The van der Waals surface area contributed by atoms with Crippen molar-refractivity contribution in [3.63, 3.8) is 0 Å². The number of allylic oxidation sites excluding steroid dienone is 1. The Balaban J connectivity index is 1.72. The first-order valence-electron chi connectivity index (χ1n) is 9.35. The summed E-state index contributed by atoms with van der Waals surface area (Å²) < 4.78 is 29.5. The number of sulfonamides is 1. The number of thiazole rings is 1. The molecule has 2 heterocycles. The Morgan fingerprint density at radius 2 is 2.17 bits per heavy atom. The van der Waals surface area contributed by atoms with Crippen molar-refractivity contribution < 1.29 is 22.6 Å². The predicted molar refractivity (Wildman–Crippen MR) is 109 cm³/mol. The lowest BCUT2D eigenvalue weighted by Crippen LogP contribution is -2.52. The summed E-state index contributed by atoms with van der Waals surface area (Å²) in [5.74, 6) is -0.586. The predicted octanol–water partition coefficient (Wildman–Crippen LogP) is 1.23. The van der Waals surface area contributed by atoms with Crippen LogP contribution in [0, 0.1) is 18.3 Å². The lowest BCUT2D eigenvalue weighted by molar-refractivity contribution is -0.423. The molecule has 0 spiro atoms. The molecule has 1 aliphatic heterocycles. The van der Waals surface area contributed by atoms with Gasteiger partial charge in [-0.1, -0.05) is 6.08 Å². The second-order valence-electron chi connectivity index (χ2n) is 7.76. The van der Waals surface area contributed by atoms with Gasteiger partial charge in [-0.2, -0.15) is 19.5 Å². The van der Waals surface area contributed by atoms with Crippen molar-refractivity contribution in [1.82, 2.24) is 14.6 Å². The highest BCUT2D eigenvalue weighted by atomic mass is 32.2. The number of hydrogen-bond donors (Lipinski definition) is 1. The van der Waals surface area contributed by atoms with Crippen molar-refractivity contribution in [2.45, 2.75) is 44.0 Å². The summed E-state index contributed by atoms with van der Waals surface area (Å²) in [6.07, 6.45) is 7.35. The van der Waals surface area contributed by atoms with Gasteiger partial charge >= 0.3 is 11.9 Å². The molecular formula is C19H20N5O4S2+. The number of nitriles is 1. The summed E-state index contributed by atoms with van der Waals surface area (Å²) in [5, 5.41) is 8.93. The number of rotatable bonds is 6. The number of fused-ring (bicyclic) bond motifs is 1. The molecule has 1 saturated carbocycles. The summed E-state index contributed by atoms with van der Waals surface area (Å²) in [7, 11) is -3.74. The van der Waals surface area contributed by atoms with E-state index in [1.807, 2.05) is 19.9 Å². The molecule has 3 amide bonds. The molecule has 156 valence electrons. The number of carbonyl (C=O) groups is 2. The average molecular weight is 447 g/mol. The fraction of sp³-hybridized carbons (Fsp3) is 0.421. The van der Waals surface area contributed by atoms with Crippen LogP contribution < -0.4 is 4.72 Å². The average Bonchev–Trinajstić information content (AvgIpc) is 3.26. The zero-order valence-electron chi connectivity index (χ0n) is 16.5. The number of hydrogen-bond acceptors (Lipinski definition) is 7. The summed E-state index contributed by atoms with van der Waals surface area (Å²) in [4.78, 5) is 31.9. The molecule has 0 bridgehead atoms. The molecule has 0 radical (unpaired) electrons. The molecule has 1 fully saturated rings. The maximum Gasteiger partial charge on any atom is 0.502 e. The number of imide groups is 1. The SMILES string of the molecule is Cc1ncc(CN2C(=O)C3=CC(S(=O)(=O)NC4(C)CC4)C=CC3=[N+](CC#N)C2=O)s1. The molecule has 9 nitrogen and oxygen atoms in total. The lowest BCUT2D eigenvalue weighted by Gasteiger charge is -2.25. The number of nitrogens with one attached hydrogen (secondary N) is 1. The lowest BCUT2D eigenvalue weighted by atomic mass is 9.99. The molecule has 1 atom stereocenters. The van der Waals surface area contributed by atoms with Crippen LogP contribution in [0.3, 0.4) is 0 Å². The van der Waals surface area contributed by atoms with E-state index in [-0.39, 0.29) is 24.4 Å². The van der Waals surface area contributed by atoms with Gasteiger partial charge in [0.25, 0.3) is 0 Å². The first-order valence-corrected chi connectivity index (χ1v) is 11.7. The Morgan fingerprint density at radius 1 is 1.43 bits per heavy atom. The zero-order valence-corrected chi connectivity index (χ0v) is 18.1. The third-order valence-electron chi connectivity index (χ3n) is 5.24. The first-order chi connectivity index (χ1) is 14.1. The molecule has 1 aromatic rings. The van der Waals surface area contributed by atoms with E-state index >= 15 is 0 Å². The second kappa shape index (κ2) is 7.23. The van der Waals surface area contributed by atoms with Gasteiger partial charge in [0, 0.05) is 11.7 Å². The van der Waals surface area contributed by atoms with Crippen LogP contribution in [0.25, 0.3) is 0 Å². The molecule has 0 aromatic carbocycles. The standard InChI is InChI=1S/C19H20N5O4S2/c1-12-21-10-13(29-12)11-24-17(25)15-9-14(30(27,28)22-19(2)5-6-19)3-4-16(15)23(8-7-20)18(24)26/h3-4,9-10,14,22H,5-6,8,11H2,1-2H3/q+1. The monoisotopic (exact) mass is 446 g/mol. The van der Waals surface area contributed by atoms with Crippen LogP contribution >= 0.6 is 11.3 Å². The number of carbonyl (C=O) groups excluding carboxylic acids is 2. The number of urea groups is 1. The third-order valence-corrected chi connectivity index (χ3v) is 7.92. The van der Waals surface area contributed by atoms with E-state index in [0.29, 0.717) is 4.88 Å². The molecule has 2 aliphatic carbocycles. The summed E-state index contributed by atoms with van der Waals surface area (Å²) in [6.45, 7) is 3.40. The Hall–Kier alpha value is -2.68.